The molecule has 0 aliphatic heterocycles. The molecule has 0 bridgehead atoms. The zero-order valence-corrected chi connectivity index (χ0v) is 9.57. The molecule has 0 spiro atoms. The van der Waals surface area contributed by atoms with Crippen LogP contribution in [0.4, 0.5) is 9.93 Å². The Bertz CT molecular complexity index is 303. The van der Waals surface area contributed by atoms with Gasteiger partial charge in [0, 0.05) is 17.3 Å². The number of amides is 1. The van der Waals surface area contributed by atoms with Gasteiger partial charge in [0.1, 0.15) is 0 Å². The minimum absolute atomic E-state index is 0.468. The molecule has 0 aliphatic rings. The molecule has 0 radical (unpaired) electrons. The van der Waals surface area contributed by atoms with Crippen LogP contribution in [0.25, 0.3) is 0 Å². The molecule has 0 saturated heterocycles. The molecule has 1 rings (SSSR count). The topological polar surface area (TPSA) is 64.1 Å². The predicted molar refractivity (Wildman–Crippen MR) is 57.0 cm³/mol. The summed E-state index contributed by atoms with van der Waals surface area (Å²) >= 11 is 2.72. The minimum atomic E-state index is -0.520. The zero-order chi connectivity index (χ0) is 10.4. The molecule has 1 aromatic rings. The largest absolute Gasteiger partial charge is 0.453 e. The summed E-state index contributed by atoms with van der Waals surface area (Å²) in [5.41, 5.74) is 0. The maximum atomic E-state index is 10.8. The summed E-state index contributed by atoms with van der Waals surface area (Å²) in [7, 11) is 1.31. The maximum absolute atomic E-state index is 10.8. The number of ether oxygens (including phenoxy) is 1. The van der Waals surface area contributed by atoms with Gasteiger partial charge in [0.2, 0.25) is 10.3 Å². The SMILES string of the molecule is CCCSc1nsc(NC(=O)OC)n1. The van der Waals surface area contributed by atoms with E-state index < -0.39 is 6.09 Å². The van der Waals surface area contributed by atoms with E-state index in [-0.39, 0.29) is 0 Å². The van der Waals surface area contributed by atoms with E-state index in [0.717, 1.165) is 23.7 Å². The Labute approximate surface area is 90.4 Å². The lowest BCUT2D eigenvalue weighted by Crippen LogP contribution is -2.10. The third-order valence-corrected chi connectivity index (χ3v) is 3.04. The van der Waals surface area contributed by atoms with Crippen LogP contribution in [-0.2, 0) is 4.74 Å². The highest BCUT2D eigenvalue weighted by atomic mass is 32.2. The van der Waals surface area contributed by atoms with Crippen molar-refractivity contribution in [1.29, 1.82) is 0 Å². The second kappa shape index (κ2) is 5.82. The van der Waals surface area contributed by atoms with Crippen LogP contribution in [0.1, 0.15) is 13.3 Å². The van der Waals surface area contributed by atoms with E-state index >= 15 is 0 Å². The Hall–Kier alpha value is -0.820. The van der Waals surface area contributed by atoms with Crippen molar-refractivity contribution >= 4 is 34.5 Å². The van der Waals surface area contributed by atoms with Crippen LogP contribution in [0, 0.1) is 0 Å². The number of thioether (sulfide) groups is 1. The van der Waals surface area contributed by atoms with Gasteiger partial charge in [-0.3, -0.25) is 5.32 Å². The average molecular weight is 233 g/mol. The second-order valence-corrected chi connectivity index (χ2v) is 4.16. The number of methoxy groups -OCH3 is 1. The van der Waals surface area contributed by atoms with Crippen molar-refractivity contribution in [2.45, 2.75) is 18.5 Å². The fraction of sp³-hybridized carbons (Fsp3) is 0.571. The summed E-state index contributed by atoms with van der Waals surface area (Å²) in [5.74, 6) is 0.981. The van der Waals surface area contributed by atoms with E-state index in [4.69, 9.17) is 0 Å². The molecular formula is C7H11N3O2S2. The van der Waals surface area contributed by atoms with Crippen molar-refractivity contribution in [2.75, 3.05) is 18.2 Å². The van der Waals surface area contributed by atoms with Crippen molar-refractivity contribution in [2.24, 2.45) is 0 Å². The molecule has 0 fully saturated rings. The highest BCUT2D eigenvalue weighted by Crippen LogP contribution is 2.20. The van der Waals surface area contributed by atoms with Crippen LogP contribution in [0.15, 0.2) is 5.16 Å². The van der Waals surface area contributed by atoms with Gasteiger partial charge in [0.25, 0.3) is 0 Å². The van der Waals surface area contributed by atoms with E-state index in [1.807, 2.05) is 0 Å². The summed E-state index contributed by atoms with van der Waals surface area (Å²) in [5, 5.41) is 3.62. The van der Waals surface area contributed by atoms with E-state index in [0.29, 0.717) is 10.3 Å². The van der Waals surface area contributed by atoms with Crippen LogP contribution in [-0.4, -0.2) is 28.3 Å². The lowest BCUT2D eigenvalue weighted by molar-refractivity contribution is 0.187. The van der Waals surface area contributed by atoms with Gasteiger partial charge in [-0.1, -0.05) is 18.7 Å². The Morgan fingerprint density at radius 2 is 2.50 bits per heavy atom. The average Bonchev–Trinajstić information content (AvgIpc) is 2.62. The van der Waals surface area contributed by atoms with Gasteiger partial charge in [-0.05, 0) is 6.42 Å². The van der Waals surface area contributed by atoms with Gasteiger partial charge in [0.05, 0.1) is 7.11 Å². The molecule has 14 heavy (non-hydrogen) atoms. The molecule has 1 N–H and O–H groups in total. The Morgan fingerprint density at radius 1 is 1.71 bits per heavy atom. The number of hydrogen-bond acceptors (Lipinski definition) is 6. The van der Waals surface area contributed by atoms with Crippen LogP contribution < -0.4 is 5.32 Å². The van der Waals surface area contributed by atoms with Gasteiger partial charge in [0.15, 0.2) is 0 Å². The van der Waals surface area contributed by atoms with E-state index in [1.54, 1.807) is 11.8 Å². The van der Waals surface area contributed by atoms with Crippen molar-refractivity contribution in [3.05, 3.63) is 0 Å². The fourth-order valence-corrected chi connectivity index (χ4v) is 2.04. The van der Waals surface area contributed by atoms with Crippen LogP contribution in [0.5, 0.6) is 0 Å². The monoisotopic (exact) mass is 233 g/mol. The van der Waals surface area contributed by atoms with Gasteiger partial charge in [-0.15, -0.1) is 0 Å². The molecule has 0 saturated carbocycles. The van der Waals surface area contributed by atoms with Gasteiger partial charge >= 0.3 is 6.09 Å². The number of carbonyl (C=O) groups is 1. The highest BCUT2D eigenvalue weighted by molar-refractivity contribution is 7.99. The maximum Gasteiger partial charge on any atom is 0.413 e. The third-order valence-electron chi connectivity index (χ3n) is 1.24. The number of nitrogens with one attached hydrogen (secondary N) is 1. The Balaban J connectivity index is 2.46. The van der Waals surface area contributed by atoms with Gasteiger partial charge in [-0.25, -0.2) is 4.79 Å². The molecule has 1 amide bonds. The van der Waals surface area contributed by atoms with Gasteiger partial charge in [-0.2, -0.15) is 9.36 Å². The first-order valence-corrected chi connectivity index (χ1v) is 5.83. The molecule has 0 aromatic carbocycles. The first kappa shape index (κ1) is 11.3. The highest BCUT2D eigenvalue weighted by Gasteiger charge is 2.07. The molecule has 0 unspecified atom stereocenters. The van der Waals surface area contributed by atoms with Gasteiger partial charge < -0.3 is 4.74 Å². The number of rotatable bonds is 4. The van der Waals surface area contributed by atoms with E-state index in [9.17, 15) is 4.79 Å². The molecule has 0 aliphatic carbocycles. The summed E-state index contributed by atoms with van der Waals surface area (Å²) < 4.78 is 8.49. The summed E-state index contributed by atoms with van der Waals surface area (Å²) in [4.78, 5) is 14.9. The Morgan fingerprint density at radius 3 is 3.14 bits per heavy atom. The quantitative estimate of drug-likeness (QED) is 0.808. The lowest BCUT2D eigenvalue weighted by Gasteiger charge is -1.96. The first-order valence-electron chi connectivity index (χ1n) is 4.07. The molecular weight excluding hydrogens is 222 g/mol. The summed E-state index contributed by atoms with van der Waals surface area (Å²) in [6.45, 7) is 2.09. The molecule has 1 aromatic heterocycles. The van der Waals surface area contributed by atoms with Crippen molar-refractivity contribution in [1.82, 2.24) is 9.36 Å². The lowest BCUT2D eigenvalue weighted by atomic mass is 10.6. The number of carbonyl (C=O) groups excluding carboxylic acids is 1. The van der Waals surface area contributed by atoms with Crippen molar-refractivity contribution in [3.63, 3.8) is 0 Å². The predicted octanol–water partition coefficient (Wildman–Crippen LogP) is 2.22. The van der Waals surface area contributed by atoms with Crippen LogP contribution in [0.2, 0.25) is 0 Å². The normalized spacial score (nSPS) is 9.86. The molecule has 1 heterocycles. The number of nitrogens with zero attached hydrogens (tertiary/aromatic N) is 2. The third kappa shape index (κ3) is 3.51. The van der Waals surface area contributed by atoms with E-state index in [2.05, 4.69) is 26.3 Å². The zero-order valence-electron chi connectivity index (χ0n) is 7.94. The number of hydrogen-bond donors (Lipinski definition) is 1. The van der Waals surface area contributed by atoms with Crippen LogP contribution >= 0.6 is 23.3 Å². The summed E-state index contributed by atoms with van der Waals surface area (Å²) in [6, 6.07) is 0. The van der Waals surface area contributed by atoms with Crippen LogP contribution in [0.3, 0.4) is 0 Å². The van der Waals surface area contributed by atoms with E-state index in [1.165, 1.54) is 7.11 Å². The summed E-state index contributed by atoms with van der Waals surface area (Å²) in [6.07, 6.45) is 0.553. The number of aromatic nitrogens is 2. The molecule has 7 heteroatoms. The molecule has 78 valence electrons. The molecule has 5 nitrogen and oxygen atoms in total. The first-order chi connectivity index (χ1) is 6.76. The molecule has 0 atom stereocenters. The standard InChI is InChI=1S/C7H11N3O2S2/c1-3-4-13-6-8-5(14-10-6)9-7(11)12-2/h3-4H2,1-2H3,(H,8,9,10,11). The fourth-order valence-electron chi connectivity index (χ4n) is 0.651. The number of anilines is 1. The van der Waals surface area contributed by atoms with Crippen molar-refractivity contribution < 1.29 is 9.53 Å². The smallest absolute Gasteiger partial charge is 0.413 e. The second-order valence-electron chi connectivity index (χ2n) is 2.35. The van der Waals surface area contributed by atoms with Crippen molar-refractivity contribution in [3.8, 4) is 0 Å². The minimum Gasteiger partial charge on any atom is -0.453 e. The Kier molecular flexibility index (Phi) is 4.68.